The van der Waals surface area contributed by atoms with Crippen molar-refractivity contribution in [1.82, 2.24) is 0 Å². The van der Waals surface area contributed by atoms with E-state index in [0.717, 1.165) is 0 Å². The molecule has 0 aliphatic rings. The van der Waals surface area contributed by atoms with E-state index in [2.05, 4.69) is 38.1 Å². The second-order valence-electron chi connectivity index (χ2n) is 2.16. The lowest BCUT2D eigenvalue weighted by atomic mass is 10.2. The molecule has 1 aromatic carbocycles. The summed E-state index contributed by atoms with van der Waals surface area (Å²) in [4.78, 5) is 0. The number of halogens is 1. The molecule has 0 radical (unpaired) electrons. The molecule has 0 amide bonds. The third kappa shape index (κ3) is 12.0. The Balaban J connectivity index is -0.000000178. The van der Waals surface area contributed by atoms with Crippen LogP contribution in [0, 0.1) is 13.8 Å². The molecule has 0 fully saturated rings. The van der Waals surface area contributed by atoms with Gasteiger partial charge in [0.05, 0.1) is 0 Å². The molecule has 0 saturated carbocycles. The van der Waals surface area contributed by atoms with Gasteiger partial charge in [0.2, 0.25) is 0 Å². The second-order valence-corrected chi connectivity index (χ2v) is 2.16. The molecule has 0 heterocycles. The molecule has 0 spiro atoms. The number of hydrogen-bond acceptors (Lipinski definition) is 0. The first kappa shape index (κ1) is 18.7. The molecule has 0 aromatic heterocycles. The molecule has 13 heavy (non-hydrogen) atoms. The summed E-state index contributed by atoms with van der Waals surface area (Å²) in [5.41, 5.74) is 2.68. The van der Waals surface area contributed by atoms with Gasteiger partial charge in [-0.05, 0) is 13.8 Å². The van der Waals surface area contributed by atoms with E-state index in [1.54, 1.807) is 0 Å². The molecule has 0 saturated heterocycles. The van der Waals surface area contributed by atoms with Crippen LogP contribution in [0.1, 0.15) is 38.8 Å². The molecule has 1 heteroatoms. The lowest BCUT2D eigenvalue weighted by Gasteiger charge is -1.90. The Hall–Kier alpha value is -0.0500. The van der Waals surface area contributed by atoms with Crippen molar-refractivity contribution in [1.29, 1.82) is 0 Å². The molecular formula is C12H23I. The summed E-state index contributed by atoms with van der Waals surface area (Å²) < 4.78 is 0. The lowest BCUT2D eigenvalue weighted by molar-refractivity contribution is 1.39. The number of rotatable bonds is 0. The highest BCUT2D eigenvalue weighted by Gasteiger charge is 1.80. The van der Waals surface area contributed by atoms with Crippen LogP contribution in [0.2, 0.25) is 0 Å². The zero-order valence-electron chi connectivity index (χ0n) is 9.72. The fourth-order valence-corrected chi connectivity index (χ4v) is 0.807. The predicted octanol–water partition coefficient (Wildman–Crippen LogP) is 4.97. The van der Waals surface area contributed by atoms with Gasteiger partial charge in [-0.1, -0.05) is 63.1 Å². The van der Waals surface area contributed by atoms with Crippen molar-refractivity contribution in [3.8, 4) is 0 Å². The fourth-order valence-electron chi connectivity index (χ4n) is 0.807. The van der Waals surface area contributed by atoms with E-state index >= 15 is 0 Å². The Bertz CT molecular complexity index is 165. The zero-order valence-corrected chi connectivity index (χ0v) is 12.0. The fraction of sp³-hybridized carbons (Fsp3) is 0.500. The third-order valence-corrected chi connectivity index (χ3v) is 1.17. The molecule has 1 aromatic rings. The average Bonchev–Trinajstić information content (AvgIpc) is 2.11. The van der Waals surface area contributed by atoms with Crippen LogP contribution < -0.4 is 0 Å². The van der Waals surface area contributed by atoms with Gasteiger partial charge in [0.1, 0.15) is 0 Å². The molecule has 0 aliphatic heterocycles. The first-order valence-corrected chi connectivity index (χ1v) is 4.82. The van der Waals surface area contributed by atoms with Gasteiger partial charge >= 0.3 is 0 Å². The van der Waals surface area contributed by atoms with E-state index in [-0.39, 0.29) is 24.0 Å². The molecule has 1 rings (SSSR count). The van der Waals surface area contributed by atoms with Gasteiger partial charge in [-0.15, -0.1) is 24.0 Å². The van der Waals surface area contributed by atoms with E-state index in [9.17, 15) is 0 Å². The van der Waals surface area contributed by atoms with Crippen LogP contribution in [0.5, 0.6) is 0 Å². The zero-order chi connectivity index (χ0) is 9.98. The number of hydrogen-bond donors (Lipinski definition) is 0. The Kier molecular flexibility index (Phi) is 20.8. The SMILES string of the molecule is CC.CC.Cc1cccc(C)c1.I. The van der Waals surface area contributed by atoms with Crippen LogP contribution in [-0.2, 0) is 0 Å². The van der Waals surface area contributed by atoms with E-state index in [1.807, 2.05) is 27.7 Å². The lowest BCUT2D eigenvalue weighted by Crippen LogP contribution is -1.71. The van der Waals surface area contributed by atoms with Crippen molar-refractivity contribution in [3.05, 3.63) is 35.4 Å². The maximum Gasteiger partial charge on any atom is -0.0398 e. The normalized spacial score (nSPS) is 6.62. The summed E-state index contributed by atoms with van der Waals surface area (Å²) in [5, 5.41) is 0. The van der Waals surface area contributed by atoms with Crippen molar-refractivity contribution in [2.75, 3.05) is 0 Å². The standard InChI is InChI=1S/C8H10.2C2H6.HI/c1-7-4-3-5-8(2)6-7;2*1-2;/h3-6H,1-2H3;2*1-2H3;1H. The minimum absolute atomic E-state index is 0. The van der Waals surface area contributed by atoms with Gasteiger partial charge in [-0.25, -0.2) is 0 Å². The predicted molar refractivity (Wildman–Crippen MR) is 74.0 cm³/mol. The number of benzene rings is 1. The Labute approximate surface area is 101 Å². The summed E-state index contributed by atoms with van der Waals surface area (Å²) in [5.74, 6) is 0. The van der Waals surface area contributed by atoms with Gasteiger partial charge in [-0.3, -0.25) is 0 Å². The molecule has 0 unspecified atom stereocenters. The second kappa shape index (κ2) is 14.5. The van der Waals surface area contributed by atoms with Gasteiger partial charge in [0.25, 0.3) is 0 Å². The van der Waals surface area contributed by atoms with Crippen molar-refractivity contribution < 1.29 is 0 Å². The largest absolute Gasteiger partial charge is 0.107 e. The minimum Gasteiger partial charge on any atom is -0.107 e. The van der Waals surface area contributed by atoms with E-state index in [1.165, 1.54) is 11.1 Å². The van der Waals surface area contributed by atoms with Crippen LogP contribution >= 0.6 is 24.0 Å². The summed E-state index contributed by atoms with van der Waals surface area (Å²) in [6, 6.07) is 8.45. The van der Waals surface area contributed by atoms with Crippen molar-refractivity contribution in [2.24, 2.45) is 0 Å². The van der Waals surface area contributed by atoms with E-state index in [0.29, 0.717) is 0 Å². The van der Waals surface area contributed by atoms with Crippen LogP contribution in [-0.4, -0.2) is 0 Å². The number of aryl methyl sites for hydroxylation is 2. The Morgan fingerprint density at radius 3 is 1.23 bits per heavy atom. The minimum atomic E-state index is 0. The molecule has 0 bridgehead atoms. The topological polar surface area (TPSA) is 0 Å². The van der Waals surface area contributed by atoms with Crippen LogP contribution in [0.15, 0.2) is 24.3 Å². The summed E-state index contributed by atoms with van der Waals surface area (Å²) in [6.45, 7) is 12.2. The maximum atomic E-state index is 2.17. The molecule has 0 nitrogen and oxygen atoms in total. The molecule has 78 valence electrons. The highest BCUT2D eigenvalue weighted by atomic mass is 127. The maximum absolute atomic E-state index is 2.17. The first-order chi connectivity index (χ1) is 5.79. The molecule has 0 N–H and O–H groups in total. The smallest absolute Gasteiger partial charge is 0.0398 e. The van der Waals surface area contributed by atoms with Gasteiger partial charge < -0.3 is 0 Å². The van der Waals surface area contributed by atoms with Gasteiger partial charge in [0.15, 0.2) is 0 Å². The summed E-state index contributed by atoms with van der Waals surface area (Å²) in [7, 11) is 0. The highest BCUT2D eigenvalue weighted by molar-refractivity contribution is 14.0. The first-order valence-electron chi connectivity index (χ1n) is 4.82. The third-order valence-electron chi connectivity index (χ3n) is 1.17. The van der Waals surface area contributed by atoms with Crippen molar-refractivity contribution >= 4 is 24.0 Å². The van der Waals surface area contributed by atoms with Crippen LogP contribution in [0.3, 0.4) is 0 Å². The van der Waals surface area contributed by atoms with Gasteiger partial charge in [-0.2, -0.15) is 0 Å². The molecule has 0 aliphatic carbocycles. The molecule has 0 atom stereocenters. The van der Waals surface area contributed by atoms with Crippen LogP contribution in [0.25, 0.3) is 0 Å². The summed E-state index contributed by atoms with van der Waals surface area (Å²) >= 11 is 0. The average molecular weight is 294 g/mol. The molecular weight excluding hydrogens is 271 g/mol. The highest BCUT2D eigenvalue weighted by Crippen LogP contribution is 2.00. The van der Waals surface area contributed by atoms with E-state index < -0.39 is 0 Å². The monoisotopic (exact) mass is 294 g/mol. The Morgan fingerprint density at radius 2 is 1.08 bits per heavy atom. The Morgan fingerprint density at radius 1 is 0.769 bits per heavy atom. The van der Waals surface area contributed by atoms with Crippen molar-refractivity contribution in [3.63, 3.8) is 0 Å². The quantitative estimate of drug-likeness (QED) is 0.592. The van der Waals surface area contributed by atoms with Crippen molar-refractivity contribution in [2.45, 2.75) is 41.5 Å². The van der Waals surface area contributed by atoms with Gasteiger partial charge in [0, 0.05) is 0 Å². The van der Waals surface area contributed by atoms with Crippen LogP contribution in [0.4, 0.5) is 0 Å². The van der Waals surface area contributed by atoms with E-state index in [4.69, 9.17) is 0 Å². The summed E-state index contributed by atoms with van der Waals surface area (Å²) in [6.07, 6.45) is 0.